The Labute approximate surface area is 97.1 Å². The number of methoxy groups -OCH3 is 1. The van der Waals surface area contributed by atoms with Crippen molar-refractivity contribution in [1.82, 2.24) is 4.90 Å². The van der Waals surface area contributed by atoms with Crippen molar-refractivity contribution >= 4 is 5.91 Å². The van der Waals surface area contributed by atoms with Crippen LogP contribution in [0.1, 0.15) is 32.1 Å². The topological polar surface area (TPSA) is 29.5 Å². The van der Waals surface area contributed by atoms with Gasteiger partial charge < -0.3 is 9.64 Å². The van der Waals surface area contributed by atoms with Crippen LogP contribution in [0, 0.1) is 17.8 Å². The molecule has 3 fully saturated rings. The molecule has 3 aliphatic rings. The molecule has 0 aromatic heterocycles. The monoisotopic (exact) mass is 223 g/mol. The molecule has 1 amide bonds. The van der Waals surface area contributed by atoms with Crippen LogP contribution in [0.15, 0.2) is 0 Å². The number of hydrogen-bond acceptors (Lipinski definition) is 2. The lowest BCUT2D eigenvalue weighted by atomic mass is 10.0. The van der Waals surface area contributed by atoms with Crippen LogP contribution in [0.4, 0.5) is 0 Å². The van der Waals surface area contributed by atoms with Gasteiger partial charge in [-0.15, -0.1) is 0 Å². The van der Waals surface area contributed by atoms with Gasteiger partial charge in [0, 0.05) is 25.6 Å². The molecule has 3 rings (SSSR count). The lowest BCUT2D eigenvalue weighted by Crippen LogP contribution is -2.39. The normalized spacial score (nSPS) is 35.9. The molecule has 3 saturated carbocycles. The summed E-state index contributed by atoms with van der Waals surface area (Å²) < 4.78 is 5.10. The summed E-state index contributed by atoms with van der Waals surface area (Å²) in [6.07, 6.45) is 6.13. The average Bonchev–Trinajstić information content (AvgIpc) is 3.20. The molecular formula is C13H21NO2. The lowest BCUT2D eigenvalue weighted by Gasteiger charge is -2.25. The largest absolute Gasteiger partial charge is 0.383 e. The van der Waals surface area contributed by atoms with Crippen LogP contribution in [0.2, 0.25) is 0 Å². The third-order valence-electron chi connectivity index (χ3n) is 4.40. The van der Waals surface area contributed by atoms with E-state index in [9.17, 15) is 4.79 Å². The zero-order valence-corrected chi connectivity index (χ0v) is 10.0. The molecule has 0 aromatic rings. The standard InChI is InChI=1S/C13H21NO2/c1-16-5-4-14(12-2-3-12)13(15)11-7-9-6-10(9)8-11/h9-12H,2-8H2,1H3. The van der Waals surface area contributed by atoms with E-state index >= 15 is 0 Å². The zero-order valence-electron chi connectivity index (χ0n) is 10.0. The Bertz CT molecular complexity index is 278. The first-order chi connectivity index (χ1) is 7.79. The van der Waals surface area contributed by atoms with Gasteiger partial charge in [-0.3, -0.25) is 4.79 Å². The molecule has 3 heteroatoms. The number of ether oxygens (including phenoxy) is 1. The summed E-state index contributed by atoms with van der Waals surface area (Å²) in [5.74, 6) is 2.57. The smallest absolute Gasteiger partial charge is 0.226 e. The molecule has 0 aromatic carbocycles. The van der Waals surface area contributed by atoms with Gasteiger partial charge in [-0.05, 0) is 43.9 Å². The second kappa shape index (κ2) is 4.02. The molecule has 16 heavy (non-hydrogen) atoms. The van der Waals surface area contributed by atoms with Gasteiger partial charge in [-0.2, -0.15) is 0 Å². The number of fused-ring (bicyclic) bond motifs is 1. The maximum Gasteiger partial charge on any atom is 0.226 e. The number of carbonyl (C=O) groups excluding carboxylic acids is 1. The highest BCUT2D eigenvalue weighted by Gasteiger charge is 2.49. The van der Waals surface area contributed by atoms with Crippen molar-refractivity contribution in [1.29, 1.82) is 0 Å². The zero-order chi connectivity index (χ0) is 11.1. The number of rotatable bonds is 5. The van der Waals surface area contributed by atoms with Gasteiger partial charge >= 0.3 is 0 Å². The van der Waals surface area contributed by atoms with Crippen molar-refractivity contribution in [3.8, 4) is 0 Å². The molecule has 2 atom stereocenters. The van der Waals surface area contributed by atoms with Crippen LogP contribution in [0.25, 0.3) is 0 Å². The number of nitrogens with zero attached hydrogens (tertiary/aromatic N) is 1. The fourth-order valence-corrected chi connectivity index (χ4v) is 3.20. The van der Waals surface area contributed by atoms with E-state index < -0.39 is 0 Å². The first-order valence-corrected chi connectivity index (χ1v) is 6.59. The summed E-state index contributed by atoms with van der Waals surface area (Å²) in [5.41, 5.74) is 0. The van der Waals surface area contributed by atoms with Crippen molar-refractivity contribution in [3.63, 3.8) is 0 Å². The lowest BCUT2D eigenvalue weighted by molar-refractivity contribution is -0.136. The Balaban J connectivity index is 1.57. The van der Waals surface area contributed by atoms with Gasteiger partial charge in [0.25, 0.3) is 0 Å². The van der Waals surface area contributed by atoms with Gasteiger partial charge in [0.1, 0.15) is 0 Å². The minimum atomic E-state index is 0.348. The molecule has 0 bridgehead atoms. The summed E-state index contributed by atoms with van der Waals surface area (Å²) in [6, 6.07) is 0.541. The van der Waals surface area contributed by atoms with Crippen LogP contribution in [-0.2, 0) is 9.53 Å². The molecule has 0 saturated heterocycles. The molecule has 3 aliphatic carbocycles. The maximum absolute atomic E-state index is 12.4. The van der Waals surface area contributed by atoms with Gasteiger partial charge in [0.05, 0.1) is 6.61 Å². The molecule has 90 valence electrons. The van der Waals surface area contributed by atoms with Gasteiger partial charge in [-0.25, -0.2) is 0 Å². The highest BCUT2D eigenvalue weighted by Crippen LogP contribution is 2.54. The van der Waals surface area contributed by atoms with E-state index in [1.165, 1.54) is 32.1 Å². The molecule has 0 aliphatic heterocycles. The van der Waals surface area contributed by atoms with Gasteiger partial charge in [0.15, 0.2) is 0 Å². The minimum absolute atomic E-state index is 0.348. The highest BCUT2D eigenvalue weighted by atomic mass is 16.5. The van der Waals surface area contributed by atoms with E-state index in [4.69, 9.17) is 4.74 Å². The van der Waals surface area contributed by atoms with Crippen LogP contribution >= 0.6 is 0 Å². The molecule has 0 N–H and O–H groups in total. The Morgan fingerprint density at radius 1 is 1.25 bits per heavy atom. The van der Waals surface area contributed by atoms with Crippen molar-refractivity contribution in [2.75, 3.05) is 20.3 Å². The van der Waals surface area contributed by atoms with E-state index in [0.717, 1.165) is 18.4 Å². The predicted octanol–water partition coefficient (Wildman–Crippen LogP) is 1.67. The Morgan fingerprint density at radius 3 is 2.50 bits per heavy atom. The number of hydrogen-bond donors (Lipinski definition) is 0. The molecule has 3 nitrogen and oxygen atoms in total. The highest BCUT2D eigenvalue weighted by molar-refractivity contribution is 5.80. The van der Waals surface area contributed by atoms with Crippen LogP contribution in [-0.4, -0.2) is 37.1 Å². The third kappa shape index (κ3) is 1.97. The summed E-state index contributed by atoms with van der Waals surface area (Å²) in [7, 11) is 1.71. The fraction of sp³-hybridized carbons (Fsp3) is 0.923. The number of carbonyl (C=O) groups is 1. The van der Waals surface area contributed by atoms with Crippen molar-refractivity contribution in [2.45, 2.75) is 38.1 Å². The Morgan fingerprint density at radius 2 is 1.94 bits per heavy atom. The van der Waals surface area contributed by atoms with Gasteiger partial charge in [-0.1, -0.05) is 0 Å². The van der Waals surface area contributed by atoms with E-state index in [-0.39, 0.29) is 0 Å². The second-order valence-electron chi connectivity index (χ2n) is 5.68. The molecule has 0 radical (unpaired) electrons. The SMILES string of the molecule is COCCN(C(=O)C1CC2CC2C1)C1CC1. The Hall–Kier alpha value is -0.570. The van der Waals surface area contributed by atoms with Crippen molar-refractivity contribution < 1.29 is 9.53 Å². The molecule has 0 heterocycles. The number of amides is 1. The first kappa shape index (κ1) is 10.6. The summed E-state index contributed by atoms with van der Waals surface area (Å²) in [6.45, 7) is 1.48. The first-order valence-electron chi connectivity index (χ1n) is 6.59. The fourth-order valence-electron chi connectivity index (χ4n) is 3.20. The third-order valence-corrected chi connectivity index (χ3v) is 4.40. The van der Waals surface area contributed by atoms with Crippen molar-refractivity contribution in [3.05, 3.63) is 0 Å². The summed E-state index contributed by atoms with van der Waals surface area (Å²) >= 11 is 0. The van der Waals surface area contributed by atoms with E-state index in [2.05, 4.69) is 4.90 Å². The van der Waals surface area contributed by atoms with E-state index in [1.807, 2.05) is 0 Å². The summed E-state index contributed by atoms with van der Waals surface area (Å²) in [4.78, 5) is 14.5. The van der Waals surface area contributed by atoms with Crippen LogP contribution < -0.4 is 0 Å². The van der Waals surface area contributed by atoms with E-state index in [1.54, 1.807) is 7.11 Å². The van der Waals surface area contributed by atoms with Gasteiger partial charge in [0.2, 0.25) is 5.91 Å². The van der Waals surface area contributed by atoms with Crippen LogP contribution in [0.3, 0.4) is 0 Å². The molecular weight excluding hydrogens is 202 g/mol. The van der Waals surface area contributed by atoms with Crippen LogP contribution in [0.5, 0.6) is 0 Å². The van der Waals surface area contributed by atoms with E-state index in [0.29, 0.717) is 24.5 Å². The quantitative estimate of drug-likeness (QED) is 0.709. The average molecular weight is 223 g/mol. The second-order valence-corrected chi connectivity index (χ2v) is 5.68. The Kier molecular flexibility index (Phi) is 2.66. The molecule has 2 unspecified atom stereocenters. The maximum atomic E-state index is 12.4. The van der Waals surface area contributed by atoms with Crippen molar-refractivity contribution in [2.24, 2.45) is 17.8 Å². The predicted molar refractivity (Wildman–Crippen MR) is 60.9 cm³/mol. The minimum Gasteiger partial charge on any atom is -0.383 e. The summed E-state index contributed by atoms with van der Waals surface area (Å²) in [5, 5.41) is 0. The molecule has 0 spiro atoms.